The molecular weight excluding hydrogens is 255 g/mol. The van der Waals surface area contributed by atoms with Gasteiger partial charge in [0.2, 0.25) is 10.0 Å². The molecule has 1 rings (SSSR count). The highest BCUT2D eigenvalue weighted by Gasteiger charge is 2.20. The Kier molecular flexibility index (Phi) is 4.82. The first-order chi connectivity index (χ1) is 8.34. The molecule has 0 spiro atoms. The van der Waals surface area contributed by atoms with Gasteiger partial charge in [-0.15, -0.1) is 0 Å². The highest BCUT2D eigenvalue weighted by Crippen LogP contribution is 2.09. The normalized spacial score (nSPS) is 13.3. The first kappa shape index (κ1) is 14.6. The minimum Gasteiger partial charge on any atom is -0.212 e. The Labute approximate surface area is 106 Å². The predicted octanol–water partition coefficient (Wildman–Crippen LogP) is 1.79. The summed E-state index contributed by atoms with van der Waals surface area (Å²) in [6.07, 6.45) is 0. The summed E-state index contributed by atoms with van der Waals surface area (Å²) in [6.45, 7) is 3.52. The molecule has 0 bridgehead atoms. The lowest BCUT2D eigenvalue weighted by Crippen LogP contribution is -2.38. The maximum atomic E-state index is 12.7. The lowest BCUT2D eigenvalue weighted by atomic mass is 10.1. The monoisotopic (exact) mass is 270 g/mol. The van der Waals surface area contributed by atoms with Crippen molar-refractivity contribution in [3.63, 3.8) is 0 Å². The van der Waals surface area contributed by atoms with E-state index in [1.807, 2.05) is 6.07 Å². The van der Waals surface area contributed by atoms with E-state index in [9.17, 15) is 12.8 Å². The lowest BCUT2D eigenvalue weighted by molar-refractivity contribution is 0.514. The highest BCUT2D eigenvalue weighted by molar-refractivity contribution is 7.88. The first-order valence-corrected chi connectivity index (χ1v) is 7.13. The zero-order chi connectivity index (χ0) is 13.8. The Morgan fingerprint density at radius 3 is 2.33 bits per heavy atom. The van der Waals surface area contributed by atoms with E-state index < -0.39 is 21.9 Å². The van der Waals surface area contributed by atoms with Crippen LogP contribution in [0.15, 0.2) is 24.3 Å². The first-order valence-electron chi connectivity index (χ1n) is 5.48. The van der Waals surface area contributed by atoms with Crippen molar-refractivity contribution in [1.82, 2.24) is 4.72 Å². The van der Waals surface area contributed by atoms with Crippen molar-refractivity contribution >= 4 is 10.0 Å². The second kappa shape index (κ2) is 5.94. The van der Waals surface area contributed by atoms with E-state index in [4.69, 9.17) is 5.26 Å². The second-order valence-corrected chi connectivity index (χ2v) is 6.11. The van der Waals surface area contributed by atoms with Crippen LogP contribution >= 0.6 is 0 Å². The number of nitrogens with zero attached hydrogens (tertiary/aromatic N) is 1. The summed E-state index contributed by atoms with van der Waals surface area (Å²) in [5.74, 6) is -0.794. The van der Waals surface area contributed by atoms with Gasteiger partial charge in [-0.1, -0.05) is 26.0 Å². The van der Waals surface area contributed by atoms with Crippen molar-refractivity contribution in [1.29, 1.82) is 5.26 Å². The van der Waals surface area contributed by atoms with Crippen LogP contribution in [0.3, 0.4) is 0 Å². The van der Waals surface area contributed by atoms with Gasteiger partial charge in [0.05, 0.1) is 11.8 Å². The number of sulfonamides is 1. The Bertz CT molecular complexity index is 532. The molecule has 0 saturated carbocycles. The van der Waals surface area contributed by atoms with Crippen molar-refractivity contribution in [2.45, 2.75) is 25.6 Å². The van der Waals surface area contributed by atoms with E-state index in [2.05, 4.69) is 4.72 Å². The predicted molar refractivity (Wildman–Crippen MR) is 66.4 cm³/mol. The third kappa shape index (κ3) is 4.43. The standard InChI is InChI=1S/C12H15FN2O2S/c1-9(2)12(7-14)15-18(16,17)8-10-3-5-11(13)6-4-10/h3-6,9,12,15H,8H2,1-2H3. The van der Waals surface area contributed by atoms with Crippen LogP contribution in [0.25, 0.3) is 0 Å². The minimum atomic E-state index is -3.60. The molecule has 0 saturated heterocycles. The lowest BCUT2D eigenvalue weighted by Gasteiger charge is -2.15. The summed E-state index contributed by atoms with van der Waals surface area (Å²) in [5.41, 5.74) is 0.476. The topological polar surface area (TPSA) is 70.0 Å². The second-order valence-electron chi connectivity index (χ2n) is 4.35. The quantitative estimate of drug-likeness (QED) is 0.886. The molecule has 1 N–H and O–H groups in total. The molecule has 4 nitrogen and oxygen atoms in total. The Morgan fingerprint density at radius 2 is 1.89 bits per heavy atom. The van der Waals surface area contributed by atoms with Crippen LogP contribution in [-0.4, -0.2) is 14.5 Å². The van der Waals surface area contributed by atoms with E-state index >= 15 is 0 Å². The van der Waals surface area contributed by atoms with E-state index in [0.29, 0.717) is 5.56 Å². The summed E-state index contributed by atoms with van der Waals surface area (Å²) in [5, 5.41) is 8.84. The maximum Gasteiger partial charge on any atom is 0.216 e. The van der Waals surface area contributed by atoms with Gasteiger partial charge in [-0.2, -0.15) is 9.98 Å². The molecule has 6 heteroatoms. The number of benzene rings is 1. The Balaban J connectivity index is 2.77. The van der Waals surface area contributed by atoms with Crippen LogP contribution in [0, 0.1) is 23.1 Å². The molecule has 1 atom stereocenters. The molecule has 0 heterocycles. The van der Waals surface area contributed by atoms with Crippen molar-refractivity contribution in [2.75, 3.05) is 0 Å². The van der Waals surface area contributed by atoms with Crippen LogP contribution < -0.4 is 4.72 Å². The van der Waals surface area contributed by atoms with E-state index in [1.54, 1.807) is 13.8 Å². The summed E-state index contributed by atoms with van der Waals surface area (Å²) in [4.78, 5) is 0. The third-order valence-corrected chi connectivity index (χ3v) is 3.71. The number of rotatable bonds is 5. The van der Waals surface area contributed by atoms with Gasteiger partial charge in [0.1, 0.15) is 11.9 Å². The van der Waals surface area contributed by atoms with Crippen LogP contribution in [0.4, 0.5) is 4.39 Å². The van der Waals surface area contributed by atoms with Crippen molar-refractivity contribution in [3.8, 4) is 6.07 Å². The Hall–Kier alpha value is -1.45. The van der Waals surface area contributed by atoms with Crippen LogP contribution in [-0.2, 0) is 15.8 Å². The van der Waals surface area contributed by atoms with Crippen LogP contribution in [0.5, 0.6) is 0 Å². The van der Waals surface area contributed by atoms with E-state index in [0.717, 1.165) is 0 Å². The number of nitrogens with one attached hydrogen (secondary N) is 1. The highest BCUT2D eigenvalue weighted by atomic mass is 32.2. The molecule has 0 aromatic heterocycles. The molecule has 0 amide bonds. The van der Waals surface area contributed by atoms with Gasteiger partial charge >= 0.3 is 0 Å². The largest absolute Gasteiger partial charge is 0.216 e. The molecule has 0 fully saturated rings. The number of hydrogen-bond donors (Lipinski definition) is 1. The summed E-state index contributed by atoms with van der Waals surface area (Å²) in [7, 11) is -3.60. The van der Waals surface area contributed by atoms with Gasteiger partial charge in [0, 0.05) is 0 Å². The third-order valence-electron chi connectivity index (χ3n) is 2.38. The molecule has 18 heavy (non-hydrogen) atoms. The van der Waals surface area contributed by atoms with E-state index in [1.165, 1.54) is 24.3 Å². The summed E-state index contributed by atoms with van der Waals surface area (Å²) >= 11 is 0. The minimum absolute atomic E-state index is 0.113. The zero-order valence-electron chi connectivity index (χ0n) is 10.2. The van der Waals surface area contributed by atoms with Gasteiger partial charge in [0.15, 0.2) is 0 Å². The maximum absolute atomic E-state index is 12.7. The zero-order valence-corrected chi connectivity index (χ0v) is 11.0. The fourth-order valence-corrected chi connectivity index (χ4v) is 2.77. The van der Waals surface area contributed by atoms with Gasteiger partial charge in [0.25, 0.3) is 0 Å². The van der Waals surface area contributed by atoms with Crippen molar-refractivity contribution in [3.05, 3.63) is 35.6 Å². The summed E-state index contributed by atoms with van der Waals surface area (Å²) < 4.78 is 38.6. The van der Waals surface area contributed by atoms with Crippen LogP contribution in [0.2, 0.25) is 0 Å². The summed E-state index contributed by atoms with van der Waals surface area (Å²) in [6, 6.07) is 6.37. The van der Waals surface area contributed by atoms with Gasteiger partial charge in [-0.05, 0) is 23.6 Å². The molecule has 98 valence electrons. The SMILES string of the molecule is CC(C)C(C#N)NS(=O)(=O)Cc1ccc(F)cc1. The van der Waals surface area contributed by atoms with E-state index in [-0.39, 0.29) is 11.7 Å². The average molecular weight is 270 g/mol. The van der Waals surface area contributed by atoms with Crippen molar-refractivity contribution < 1.29 is 12.8 Å². The number of hydrogen-bond acceptors (Lipinski definition) is 3. The van der Waals surface area contributed by atoms with Gasteiger partial charge in [-0.3, -0.25) is 0 Å². The fraction of sp³-hybridized carbons (Fsp3) is 0.417. The Morgan fingerprint density at radius 1 is 1.33 bits per heavy atom. The smallest absolute Gasteiger partial charge is 0.212 e. The molecule has 0 aliphatic carbocycles. The molecule has 0 aliphatic heterocycles. The van der Waals surface area contributed by atoms with Gasteiger partial charge < -0.3 is 0 Å². The molecule has 0 aliphatic rings. The number of halogens is 1. The molecular formula is C12H15FN2O2S. The molecule has 1 unspecified atom stereocenters. The molecule has 1 aromatic carbocycles. The average Bonchev–Trinajstić information content (AvgIpc) is 2.28. The number of nitriles is 1. The van der Waals surface area contributed by atoms with Gasteiger partial charge in [-0.25, -0.2) is 12.8 Å². The molecule has 0 radical (unpaired) electrons. The molecule has 1 aromatic rings. The fourth-order valence-electron chi connectivity index (χ4n) is 1.35. The van der Waals surface area contributed by atoms with Crippen LogP contribution in [0.1, 0.15) is 19.4 Å². The van der Waals surface area contributed by atoms with Crippen molar-refractivity contribution in [2.24, 2.45) is 5.92 Å².